The Bertz CT molecular complexity index is 724. The molecule has 0 bridgehead atoms. The van der Waals surface area contributed by atoms with E-state index in [1.54, 1.807) is 33.8 Å². The molecule has 3 N–H and O–H groups in total. The van der Waals surface area contributed by atoms with Crippen LogP contribution in [0.15, 0.2) is 18.2 Å². The van der Waals surface area contributed by atoms with Crippen LogP contribution in [0.25, 0.3) is 0 Å². The molecule has 0 aliphatic carbocycles. The van der Waals surface area contributed by atoms with E-state index in [-0.39, 0.29) is 24.8 Å². The highest BCUT2D eigenvalue weighted by Gasteiger charge is 2.45. The average Bonchev–Trinajstić information content (AvgIpc) is 2.61. The normalized spacial score (nSPS) is 27.6. The van der Waals surface area contributed by atoms with Gasteiger partial charge in [-0.15, -0.1) is 0 Å². The second-order valence-electron chi connectivity index (χ2n) is 8.33. The molecule has 1 saturated heterocycles. The predicted octanol–water partition coefficient (Wildman–Crippen LogP) is 2.92. The highest BCUT2D eigenvalue weighted by atomic mass is 31.2. The first-order valence-corrected chi connectivity index (χ1v) is 12.0. The van der Waals surface area contributed by atoms with Crippen molar-refractivity contribution in [1.82, 2.24) is 0 Å². The molecular formula is C21H35O8P. The van der Waals surface area contributed by atoms with Gasteiger partial charge in [0.2, 0.25) is 6.29 Å². The number of benzene rings is 1. The summed E-state index contributed by atoms with van der Waals surface area (Å²) in [6, 6.07) is 5.55. The molecule has 5 atom stereocenters. The molecule has 1 aliphatic heterocycles. The summed E-state index contributed by atoms with van der Waals surface area (Å²) < 4.78 is 35.7. The predicted molar refractivity (Wildman–Crippen MR) is 113 cm³/mol. The fraction of sp³-hybridized carbons (Fsp3) is 0.714. The standard InChI is InChI=1S/C21H35O8P/c1-12(2)28-30(25,29-13(3)4)10-9-17-18(22)19(23)20(24)21(27-17)26-16-8-7-14(5)11-15(16)6/h7-8,11-13,17-24H,9-10H2,1-6H3. The van der Waals surface area contributed by atoms with Crippen LogP contribution < -0.4 is 4.74 Å². The summed E-state index contributed by atoms with van der Waals surface area (Å²) in [6.45, 7) is 10.9. The number of ether oxygens (including phenoxy) is 2. The van der Waals surface area contributed by atoms with Gasteiger partial charge in [-0.25, -0.2) is 0 Å². The molecule has 1 aromatic carbocycles. The van der Waals surface area contributed by atoms with Gasteiger partial charge < -0.3 is 33.8 Å². The minimum absolute atomic E-state index is 0.00974. The third-order valence-corrected chi connectivity index (χ3v) is 6.96. The van der Waals surface area contributed by atoms with Crippen LogP contribution in [0.2, 0.25) is 0 Å². The fourth-order valence-electron chi connectivity index (χ4n) is 3.37. The molecule has 5 unspecified atom stereocenters. The van der Waals surface area contributed by atoms with Crippen LogP contribution in [-0.2, 0) is 18.3 Å². The van der Waals surface area contributed by atoms with E-state index in [9.17, 15) is 19.9 Å². The number of aliphatic hydroxyl groups excluding tert-OH is 3. The van der Waals surface area contributed by atoms with E-state index in [2.05, 4.69) is 0 Å². The van der Waals surface area contributed by atoms with Gasteiger partial charge in [0.05, 0.1) is 24.5 Å². The number of aryl methyl sites for hydroxylation is 2. The smallest absolute Gasteiger partial charge is 0.331 e. The molecule has 1 aromatic rings. The van der Waals surface area contributed by atoms with Crippen LogP contribution in [0.3, 0.4) is 0 Å². The lowest BCUT2D eigenvalue weighted by Gasteiger charge is -2.40. The topological polar surface area (TPSA) is 115 Å². The quantitative estimate of drug-likeness (QED) is 0.496. The summed E-state index contributed by atoms with van der Waals surface area (Å²) in [5.41, 5.74) is 1.91. The summed E-state index contributed by atoms with van der Waals surface area (Å²) in [5.74, 6) is 0.504. The molecule has 9 heteroatoms. The summed E-state index contributed by atoms with van der Waals surface area (Å²) in [7, 11) is -3.44. The van der Waals surface area contributed by atoms with Crippen LogP contribution in [0.5, 0.6) is 5.75 Å². The lowest BCUT2D eigenvalue weighted by molar-refractivity contribution is -0.272. The largest absolute Gasteiger partial charge is 0.462 e. The molecule has 8 nitrogen and oxygen atoms in total. The molecule has 0 saturated carbocycles. The van der Waals surface area contributed by atoms with Crippen molar-refractivity contribution in [3.05, 3.63) is 29.3 Å². The van der Waals surface area contributed by atoms with E-state index in [0.29, 0.717) is 5.75 Å². The molecule has 0 radical (unpaired) electrons. The van der Waals surface area contributed by atoms with Crippen molar-refractivity contribution in [2.75, 3.05) is 6.16 Å². The van der Waals surface area contributed by atoms with Crippen molar-refractivity contribution >= 4 is 7.60 Å². The number of hydrogen-bond donors (Lipinski definition) is 3. The van der Waals surface area contributed by atoms with Crippen LogP contribution >= 0.6 is 7.60 Å². The van der Waals surface area contributed by atoms with E-state index >= 15 is 0 Å². The number of hydrogen-bond acceptors (Lipinski definition) is 8. The first-order chi connectivity index (χ1) is 13.9. The molecule has 172 valence electrons. The zero-order chi connectivity index (χ0) is 22.6. The lowest BCUT2D eigenvalue weighted by Crippen LogP contribution is -2.59. The van der Waals surface area contributed by atoms with E-state index in [0.717, 1.165) is 11.1 Å². The molecule has 0 aromatic heterocycles. The minimum atomic E-state index is -3.44. The number of rotatable bonds is 9. The Morgan fingerprint density at radius 3 is 2.13 bits per heavy atom. The van der Waals surface area contributed by atoms with Gasteiger partial charge in [-0.1, -0.05) is 17.7 Å². The summed E-state index contributed by atoms with van der Waals surface area (Å²) in [6.07, 6.45) is -6.92. The molecule has 30 heavy (non-hydrogen) atoms. The van der Waals surface area contributed by atoms with Gasteiger partial charge >= 0.3 is 7.60 Å². The second kappa shape index (κ2) is 10.6. The molecule has 2 rings (SSSR count). The first kappa shape index (κ1) is 25.3. The van der Waals surface area contributed by atoms with Crippen molar-refractivity contribution in [3.8, 4) is 5.75 Å². The van der Waals surface area contributed by atoms with Gasteiger partial charge in [-0.2, -0.15) is 0 Å². The van der Waals surface area contributed by atoms with Gasteiger partial charge in [0, 0.05) is 0 Å². The van der Waals surface area contributed by atoms with E-state index < -0.39 is 38.3 Å². The van der Waals surface area contributed by atoms with Crippen molar-refractivity contribution in [2.24, 2.45) is 0 Å². The maximum Gasteiger partial charge on any atom is 0.331 e. The lowest BCUT2D eigenvalue weighted by atomic mass is 9.97. The monoisotopic (exact) mass is 446 g/mol. The summed E-state index contributed by atoms with van der Waals surface area (Å²) >= 11 is 0. The Morgan fingerprint density at radius 1 is 1.00 bits per heavy atom. The van der Waals surface area contributed by atoms with Crippen molar-refractivity contribution < 1.29 is 38.4 Å². The van der Waals surface area contributed by atoms with E-state index in [1.165, 1.54) is 0 Å². The fourth-order valence-corrected chi connectivity index (χ4v) is 5.48. The first-order valence-electron chi connectivity index (χ1n) is 10.3. The highest BCUT2D eigenvalue weighted by Crippen LogP contribution is 2.51. The van der Waals surface area contributed by atoms with Crippen molar-refractivity contribution in [2.45, 2.75) is 90.9 Å². The Hall–Kier alpha value is -0.990. The van der Waals surface area contributed by atoms with Crippen LogP contribution in [-0.4, -0.2) is 64.4 Å². The molecule has 0 amide bonds. The molecule has 0 spiro atoms. The van der Waals surface area contributed by atoms with Gasteiger partial charge in [0.25, 0.3) is 0 Å². The van der Waals surface area contributed by atoms with Crippen LogP contribution in [0.4, 0.5) is 0 Å². The number of aliphatic hydroxyl groups is 3. The van der Waals surface area contributed by atoms with Gasteiger partial charge in [0.15, 0.2) is 0 Å². The maximum absolute atomic E-state index is 13.1. The zero-order valence-electron chi connectivity index (χ0n) is 18.5. The van der Waals surface area contributed by atoms with Crippen molar-refractivity contribution in [3.63, 3.8) is 0 Å². The molecular weight excluding hydrogens is 411 g/mol. The van der Waals surface area contributed by atoms with Gasteiger partial charge in [0.1, 0.15) is 24.1 Å². The second-order valence-corrected chi connectivity index (χ2v) is 10.4. The van der Waals surface area contributed by atoms with Gasteiger partial charge in [-0.3, -0.25) is 4.57 Å². The molecule has 1 heterocycles. The average molecular weight is 446 g/mol. The SMILES string of the molecule is Cc1ccc(OC2OC(CCP(=O)(OC(C)C)OC(C)C)C(O)C(O)C2O)c(C)c1. The van der Waals surface area contributed by atoms with Crippen molar-refractivity contribution in [1.29, 1.82) is 0 Å². The summed E-state index contributed by atoms with van der Waals surface area (Å²) in [4.78, 5) is 0. The van der Waals surface area contributed by atoms with E-state index in [1.807, 2.05) is 26.0 Å². The van der Waals surface area contributed by atoms with Crippen LogP contribution in [0, 0.1) is 13.8 Å². The zero-order valence-corrected chi connectivity index (χ0v) is 19.4. The van der Waals surface area contributed by atoms with Crippen LogP contribution in [0.1, 0.15) is 45.2 Å². The molecule has 1 aliphatic rings. The third kappa shape index (κ3) is 6.76. The maximum atomic E-state index is 13.1. The Balaban J connectivity index is 2.12. The van der Waals surface area contributed by atoms with Gasteiger partial charge in [-0.05, 0) is 59.6 Å². The Kier molecular flexibility index (Phi) is 8.89. The Labute approximate surface area is 178 Å². The Morgan fingerprint density at radius 2 is 1.60 bits per heavy atom. The molecule has 1 fully saturated rings. The summed E-state index contributed by atoms with van der Waals surface area (Å²) in [5, 5.41) is 31.0. The van der Waals surface area contributed by atoms with E-state index in [4.69, 9.17) is 18.5 Å². The highest BCUT2D eigenvalue weighted by molar-refractivity contribution is 7.53. The third-order valence-electron chi connectivity index (χ3n) is 4.67. The minimum Gasteiger partial charge on any atom is -0.462 e.